The molecule has 2 aromatic rings. The molecule has 4 nitrogen and oxygen atoms in total. The van der Waals surface area contributed by atoms with Crippen molar-refractivity contribution in [1.82, 2.24) is 4.98 Å². The van der Waals surface area contributed by atoms with E-state index in [2.05, 4.69) is 4.98 Å². The van der Waals surface area contributed by atoms with Gasteiger partial charge in [0.1, 0.15) is 18.1 Å². The number of ether oxygens (including phenoxy) is 2. The van der Waals surface area contributed by atoms with Gasteiger partial charge >= 0.3 is 0 Å². The Morgan fingerprint density at radius 1 is 1.26 bits per heavy atom. The minimum atomic E-state index is 0.123. The smallest absolute Gasteiger partial charge is 0.169 e. The summed E-state index contributed by atoms with van der Waals surface area (Å²) in [5, 5.41) is 0. The van der Waals surface area contributed by atoms with Crippen molar-refractivity contribution in [2.45, 2.75) is 13.0 Å². The van der Waals surface area contributed by atoms with Gasteiger partial charge in [0.05, 0.1) is 17.9 Å². The Bertz CT molecular complexity index is 596. The van der Waals surface area contributed by atoms with Crippen LogP contribution in [0.5, 0.6) is 11.5 Å². The first-order valence-electron chi connectivity index (χ1n) is 6.16. The van der Waals surface area contributed by atoms with E-state index in [0.29, 0.717) is 36.7 Å². The molecule has 1 aromatic heterocycles. The van der Waals surface area contributed by atoms with E-state index in [-0.39, 0.29) is 5.78 Å². The third-order valence-electron chi connectivity index (χ3n) is 2.95. The summed E-state index contributed by atoms with van der Waals surface area (Å²) < 4.78 is 11.1. The summed E-state index contributed by atoms with van der Waals surface area (Å²) in [6, 6.07) is 11.0. The zero-order valence-corrected chi connectivity index (χ0v) is 10.3. The molecule has 0 N–H and O–H groups in total. The number of benzene rings is 1. The molecule has 2 heterocycles. The van der Waals surface area contributed by atoms with Crippen LogP contribution in [0.4, 0.5) is 0 Å². The third kappa shape index (κ3) is 2.57. The lowest BCUT2D eigenvalue weighted by Gasteiger charge is -2.17. The van der Waals surface area contributed by atoms with Gasteiger partial charge in [0.2, 0.25) is 0 Å². The fourth-order valence-electron chi connectivity index (χ4n) is 1.97. The molecule has 0 bridgehead atoms. The number of nitrogens with zero attached hydrogens (tertiary/aromatic N) is 1. The molecule has 0 unspecified atom stereocenters. The normalized spacial score (nSPS) is 13.6. The SMILES string of the molecule is O=C1CCOc2cc(OCc3ccccn3)ccc21. The second-order valence-electron chi connectivity index (χ2n) is 4.29. The van der Waals surface area contributed by atoms with Gasteiger partial charge in [0, 0.05) is 18.7 Å². The first kappa shape index (κ1) is 11.7. The second kappa shape index (κ2) is 5.10. The Kier molecular flexibility index (Phi) is 3.14. The van der Waals surface area contributed by atoms with Crippen molar-refractivity contribution in [3.63, 3.8) is 0 Å². The van der Waals surface area contributed by atoms with Gasteiger partial charge in [0.15, 0.2) is 5.78 Å². The van der Waals surface area contributed by atoms with E-state index < -0.39 is 0 Å². The van der Waals surface area contributed by atoms with Crippen LogP contribution in [0, 0.1) is 0 Å². The summed E-state index contributed by atoms with van der Waals surface area (Å²) in [4.78, 5) is 15.8. The van der Waals surface area contributed by atoms with E-state index in [4.69, 9.17) is 9.47 Å². The van der Waals surface area contributed by atoms with Crippen molar-refractivity contribution in [2.24, 2.45) is 0 Å². The number of fused-ring (bicyclic) bond motifs is 1. The largest absolute Gasteiger partial charge is 0.492 e. The number of aromatic nitrogens is 1. The van der Waals surface area contributed by atoms with Crippen LogP contribution >= 0.6 is 0 Å². The van der Waals surface area contributed by atoms with Crippen LogP contribution in [0.15, 0.2) is 42.6 Å². The maximum absolute atomic E-state index is 11.6. The van der Waals surface area contributed by atoms with E-state index >= 15 is 0 Å². The highest BCUT2D eigenvalue weighted by Gasteiger charge is 2.18. The summed E-state index contributed by atoms with van der Waals surface area (Å²) in [5.41, 5.74) is 1.49. The number of rotatable bonds is 3. The molecule has 0 radical (unpaired) electrons. The lowest BCUT2D eigenvalue weighted by Crippen LogP contribution is -2.15. The van der Waals surface area contributed by atoms with E-state index in [1.165, 1.54) is 0 Å². The van der Waals surface area contributed by atoms with Crippen LogP contribution in [0.1, 0.15) is 22.5 Å². The Morgan fingerprint density at radius 3 is 3.05 bits per heavy atom. The van der Waals surface area contributed by atoms with E-state index in [1.807, 2.05) is 18.2 Å². The zero-order chi connectivity index (χ0) is 13.1. The van der Waals surface area contributed by atoms with Crippen molar-refractivity contribution in [3.05, 3.63) is 53.9 Å². The standard InChI is InChI=1S/C15H13NO3/c17-14-6-8-18-15-9-12(4-5-13(14)15)19-10-11-3-1-2-7-16-11/h1-5,7,9H,6,8,10H2. The summed E-state index contributed by atoms with van der Waals surface area (Å²) in [5.74, 6) is 1.41. The van der Waals surface area contributed by atoms with Crippen LogP contribution in [0.3, 0.4) is 0 Å². The van der Waals surface area contributed by atoms with E-state index in [9.17, 15) is 4.79 Å². The van der Waals surface area contributed by atoms with E-state index in [0.717, 1.165) is 5.69 Å². The van der Waals surface area contributed by atoms with Crippen LogP contribution < -0.4 is 9.47 Å². The second-order valence-corrected chi connectivity index (χ2v) is 4.29. The van der Waals surface area contributed by atoms with Gasteiger partial charge in [-0.2, -0.15) is 0 Å². The third-order valence-corrected chi connectivity index (χ3v) is 2.95. The van der Waals surface area contributed by atoms with Crippen molar-refractivity contribution in [1.29, 1.82) is 0 Å². The fourth-order valence-corrected chi connectivity index (χ4v) is 1.97. The molecule has 1 aliphatic rings. The van der Waals surface area contributed by atoms with Crippen molar-refractivity contribution in [3.8, 4) is 11.5 Å². The predicted octanol–water partition coefficient (Wildman–Crippen LogP) is 2.63. The Labute approximate surface area is 111 Å². The number of hydrogen-bond donors (Lipinski definition) is 0. The van der Waals surface area contributed by atoms with Gasteiger partial charge < -0.3 is 9.47 Å². The number of carbonyl (C=O) groups excluding carboxylic acids is 1. The highest BCUT2D eigenvalue weighted by atomic mass is 16.5. The predicted molar refractivity (Wildman–Crippen MR) is 69.5 cm³/mol. The lowest BCUT2D eigenvalue weighted by atomic mass is 10.1. The minimum Gasteiger partial charge on any atom is -0.492 e. The summed E-state index contributed by atoms with van der Waals surface area (Å²) >= 11 is 0. The molecule has 0 amide bonds. The highest BCUT2D eigenvalue weighted by molar-refractivity contribution is 5.99. The number of pyridine rings is 1. The molecule has 4 heteroatoms. The average molecular weight is 255 g/mol. The monoisotopic (exact) mass is 255 g/mol. The van der Waals surface area contributed by atoms with Crippen LogP contribution in [-0.2, 0) is 6.61 Å². The molecule has 96 valence electrons. The first-order valence-corrected chi connectivity index (χ1v) is 6.16. The number of Topliss-reactive ketones (excluding diaryl/α,β-unsaturated/α-hetero) is 1. The first-order chi connectivity index (χ1) is 9.33. The maximum Gasteiger partial charge on any atom is 0.169 e. The number of hydrogen-bond acceptors (Lipinski definition) is 4. The molecular weight excluding hydrogens is 242 g/mol. The molecule has 1 aromatic carbocycles. The summed E-state index contributed by atoms with van der Waals surface area (Å²) in [6.45, 7) is 0.836. The quantitative estimate of drug-likeness (QED) is 0.846. The molecule has 1 aliphatic heterocycles. The van der Waals surface area contributed by atoms with Gasteiger partial charge in [-0.05, 0) is 24.3 Å². The molecule has 0 saturated heterocycles. The van der Waals surface area contributed by atoms with Crippen molar-refractivity contribution in [2.75, 3.05) is 6.61 Å². The number of carbonyl (C=O) groups is 1. The fraction of sp³-hybridized carbons (Fsp3) is 0.200. The van der Waals surface area contributed by atoms with Gasteiger partial charge in [0.25, 0.3) is 0 Å². The minimum absolute atomic E-state index is 0.123. The Morgan fingerprint density at radius 2 is 2.21 bits per heavy atom. The zero-order valence-electron chi connectivity index (χ0n) is 10.3. The van der Waals surface area contributed by atoms with Crippen LogP contribution in [0.25, 0.3) is 0 Å². The molecule has 3 rings (SSSR count). The van der Waals surface area contributed by atoms with Crippen molar-refractivity contribution < 1.29 is 14.3 Å². The number of ketones is 1. The molecule has 0 saturated carbocycles. The van der Waals surface area contributed by atoms with E-state index in [1.54, 1.807) is 24.4 Å². The molecule has 0 fully saturated rings. The summed E-state index contributed by atoms with van der Waals surface area (Å²) in [6.07, 6.45) is 2.18. The highest BCUT2D eigenvalue weighted by Crippen LogP contribution is 2.29. The molecule has 19 heavy (non-hydrogen) atoms. The Balaban J connectivity index is 1.74. The molecule has 0 spiro atoms. The van der Waals surface area contributed by atoms with Crippen molar-refractivity contribution >= 4 is 5.78 Å². The molecule has 0 atom stereocenters. The van der Waals surface area contributed by atoms with Gasteiger partial charge in [-0.1, -0.05) is 6.07 Å². The van der Waals surface area contributed by atoms with Gasteiger partial charge in [-0.15, -0.1) is 0 Å². The maximum atomic E-state index is 11.6. The topological polar surface area (TPSA) is 48.4 Å². The summed E-state index contributed by atoms with van der Waals surface area (Å²) in [7, 11) is 0. The van der Waals surface area contributed by atoms with Gasteiger partial charge in [-0.25, -0.2) is 0 Å². The van der Waals surface area contributed by atoms with Crippen LogP contribution in [-0.4, -0.2) is 17.4 Å². The average Bonchev–Trinajstić information content (AvgIpc) is 2.46. The van der Waals surface area contributed by atoms with Crippen LogP contribution in [0.2, 0.25) is 0 Å². The molecule has 0 aliphatic carbocycles. The van der Waals surface area contributed by atoms with Gasteiger partial charge in [-0.3, -0.25) is 9.78 Å². The molecular formula is C15H13NO3. The lowest BCUT2D eigenvalue weighted by molar-refractivity contribution is 0.0933. The Hall–Kier alpha value is -2.36.